The van der Waals surface area contributed by atoms with Gasteiger partial charge in [-0.1, -0.05) is 61.7 Å². The molecule has 0 unspecified atom stereocenters. The first kappa shape index (κ1) is 27.4. The topological polar surface area (TPSA) is 55.4 Å². The summed E-state index contributed by atoms with van der Waals surface area (Å²) in [7, 11) is 3.28. The molecule has 0 N–H and O–H groups in total. The van der Waals surface area contributed by atoms with Gasteiger partial charge in [0.15, 0.2) is 13.6 Å². The zero-order chi connectivity index (χ0) is 26.7. The fourth-order valence-electron chi connectivity index (χ4n) is 4.28. The van der Waals surface area contributed by atoms with Gasteiger partial charge in [0, 0.05) is 25.3 Å². The molecule has 0 bridgehead atoms. The molecular formula is C32H34O6. The molecule has 4 rings (SSSR count). The second kappa shape index (κ2) is 13.7. The van der Waals surface area contributed by atoms with Crippen LogP contribution in [0.4, 0.5) is 0 Å². The highest BCUT2D eigenvalue weighted by Crippen LogP contribution is 2.46. The van der Waals surface area contributed by atoms with E-state index in [-0.39, 0.29) is 13.6 Å². The minimum absolute atomic E-state index is 0.0916. The standard InChI is InChI=1S/C32H34O6/c1-5-23-7-11-27-25(19-23)9-13-29(37-21-35-17-15-33-3)31(27)32-28-12-8-24(6-2)20-26(28)10-14-30(32)38-22-36-18-16-34-4/h5-14,19-20H,1-2,15-18,21-22H2,3-4H3. The molecule has 0 saturated carbocycles. The number of ether oxygens (including phenoxy) is 6. The van der Waals surface area contributed by atoms with Crippen molar-refractivity contribution in [2.45, 2.75) is 0 Å². The minimum Gasteiger partial charge on any atom is -0.467 e. The molecule has 0 atom stereocenters. The normalized spacial score (nSPS) is 11.1. The highest BCUT2D eigenvalue weighted by Gasteiger charge is 2.20. The molecule has 0 saturated heterocycles. The van der Waals surface area contributed by atoms with Gasteiger partial charge >= 0.3 is 0 Å². The second-order valence-electron chi connectivity index (χ2n) is 8.57. The van der Waals surface area contributed by atoms with Crippen molar-refractivity contribution >= 4 is 33.7 Å². The first-order chi connectivity index (χ1) is 18.7. The minimum atomic E-state index is 0.0916. The van der Waals surface area contributed by atoms with Crippen molar-refractivity contribution in [2.24, 2.45) is 0 Å². The highest BCUT2D eigenvalue weighted by molar-refractivity contribution is 6.10. The zero-order valence-electron chi connectivity index (χ0n) is 22.0. The first-order valence-corrected chi connectivity index (χ1v) is 12.5. The molecule has 0 radical (unpaired) electrons. The number of hydrogen-bond donors (Lipinski definition) is 0. The molecule has 38 heavy (non-hydrogen) atoms. The van der Waals surface area contributed by atoms with Crippen LogP contribution in [0.2, 0.25) is 0 Å². The summed E-state index contributed by atoms with van der Waals surface area (Å²) in [5.41, 5.74) is 3.91. The lowest BCUT2D eigenvalue weighted by atomic mass is 9.91. The Kier molecular flexibility index (Phi) is 9.90. The van der Waals surface area contributed by atoms with Gasteiger partial charge in [0.05, 0.1) is 26.4 Å². The average Bonchev–Trinajstić information content (AvgIpc) is 2.96. The molecule has 0 aromatic heterocycles. The molecule has 0 fully saturated rings. The van der Waals surface area contributed by atoms with E-state index in [1.165, 1.54) is 0 Å². The van der Waals surface area contributed by atoms with Crippen LogP contribution in [0, 0.1) is 0 Å². The molecule has 198 valence electrons. The summed E-state index contributed by atoms with van der Waals surface area (Å²) in [6.45, 7) is 9.90. The number of rotatable bonds is 15. The van der Waals surface area contributed by atoms with Crippen LogP contribution < -0.4 is 9.47 Å². The summed E-state index contributed by atoms with van der Waals surface area (Å²) < 4.78 is 33.8. The van der Waals surface area contributed by atoms with E-state index in [0.29, 0.717) is 37.9 Å². The van der Waals surface area contributed by atoms with Crippen LogP contribution >= 0.6 is 0 Å². The molecule has 0 heterocycles. The van der Waals surface area contributed by atoms with Crippen molar-refractivity contribution in [1.82, 2.24) is 0 Å². The maximum Gasteiger partial charge on any atom is 0.189 e. The molecule has 6 heteroatoms. The smallest absolute Gasteiger partial charge is 0.189 e. The molecule has 0 aliphatic heterocycles. The average molecular weight is 515 g/mol. The lowest BCUT2D eigenvalue weighted by molar-refractivity contribution is -0.00904. The van der Waals surface area contributed by atoms with Crippen molar-refractivity contribution in [2.75, 3.05) is 54.2 Å². The van der Waals surface area contributed by atoms with Gasteiger partial charge in [0.25, 0.3) is 0 Å². The van der Waals surface area contributed by atoms with Crippen molar-refractivity contribution in [3.63, 3.8) is 0 Å². The van der Waals surface area contributed by atoms with Crippen molar-refractivity contribution in [1.29, 1.82) is 0 Å². The summed E-state index contributed by atoms with van der Waals surface area (Å²) in [6.07, 6.45) is 3.68. The van der Waals surface area contributed by atoms with Gasteiger partial charge in [-0.3, -0.25) is 0 Å². The van der Waals surface area contributed by atoms with Crippen molar-refractivity contribution in [3.05, 3.63) is 84.9 Å². The van der Waals surface area contributed by atoms with Crippen LogP contribution in [0.5, 0.6) is 11.5 Å². The fraction of sp³-hybridized carbons (Fsp3) is 0.250. The van der Waals surface area contributed by atoms with E-state index in [9.17, 15) is 0 Å². The van der Waals surface area contributed by atoms with Gasteiger partial charge in [-0.25, -0.2) is 0 Å². The van der Waals surface area contributed by atoms with E-state index in [1.807, 2.05) is 48.6 Å². The van der Waals surface area contributed by atoms with Crippen molar-refractivity contribution in [3.8, 4) is 22.6 Å². The molecule has 4 aromatic rings. The summed E-state index contributed by atoms with van der Waals surface area (Å²) in [5, 5.41) is 4.17. The van der Waals surface area contributed by atoms with Gasteiger partial charge in [-0.05, 0) is 56.9 Å². The Bertz CT molecular complexity index is 1290. The van der Waals surface area contributed by atoms with Gasteiger partial charge in [0.1, 0.15) is 11.5 Å². The molecule has 0 aliphatic carbocycles. The van der Waals surface area contributed by atoms with E-state index < -0.39 is 0 Å². The SMILES string of the molecule is C=Cc1ccc2c(-c3c(OCOCCOC)ccc4cc(C=C)ccc34)c(OCOCCOC)ccc2c1. The Balaban J connectivity index is 1.88. The van der Waals surface area contributed by atoms with E-state index in [1.54, 1.807) is 14.2 Å². The van der Waals surface area contributed by atoms with Crippen molar-refractivity contribution < 1.29 is 28.4 Å². The third-order valence-electron chi connectivity index (χ3n) is 6.19. The van der Waals surface area contributed by atoms with E-state index in [4.69, 9.17) is 28.4 Å². The van der Waals surface area contributed by atoms with Crippen LogP contribution in [-0.2, 0) is 18.9 Å². The van der Waals surface area contributed by atoms with E-state index in [0.717, 1.165) is 43.8 Å². The highest BCUT2D eigenvalue weighted by atomic mass is 16.7. The first-order valence-electron chi connectivity index (χ1n) is 12.5. The van der Waals surface area contributed by atoms with E-state index in [2.05, 4.69) is 37.4 Å². The Labute approximate surface area is 224 Å². The zero-order valence-corrected chi connectivity index (χ0v) is 22.0. The monoisotopic (exact) mass is 514 g/mol. The summed E-state index contributed by atoms with van der Waals surface area (Å²) in [5.74, 6) is 1.37. The van der Waals surface area contributed by atoms with Crippen LogP contribution in [0.1, 0.15) is 11.1 Å². The Hall–Kier alpha value is -3.68. The number of methoxy groups -OCH3 is 2. The van der Waals surface area contributed by atoms with E-state index >= 15 is 0 Å². The van der Waals surface area contributed by atoms with Gasteiger partial charge in [0.2, 0.25) is 0 Å². The predicted octanol–water partition coefficient (Wildman–Crippen LogP) is 6.94. The van der Waals surface area contributed by atoms with Gasteiger partial charge in [-0.2, -0.15) is 0 Å². The third-order valence-corrected chi connectivity index (χ3v) is 6.19. The second-order valence-corrected chi connectivity index (χ2v) is 8.57. The van der Waals surface area contributed by atoms with Crippen LogP contribution in [0.25, 0.3) is 44.8 Å². The maximum atomic E-state index is 6.19. The Morgan fingerprint density at radius 2 is 1.03 bits per heavy atom. The summed E-state index contributed by atoms with van der Waals surface area (Å²) >= 11 is 0. The maximum absolute atomic E-state index is 6.19. The lowest BCUT2D eigenvalue weighted by Gasteiger charge is -2.20. The summed E-state index contributed by atoms with van der Waals surface area (Å²) in [4.78, 5) is 0. The van der Waals surface area contributed by atoms with Crippen LogP contribution in [-0.4, -0.2) is 54.2 Å². The number of benzene rings is 4. The molecule has 0 spiro atoms. The molecule has 0 amide bonds. The molecule has 4 aromatic carbocycles. The largest absolute Gasteiger partial charge is 0.467 e. The lowest BCUT2D eigenvalue weighted by Crippen LogP contribution is -2.09. The molecule has 0 aliphatic rings. The summed E-state index contributed by atoms with van der Waals surface area (Å²) in [6, 6.07) is 20.5. The molecular weight excluding hydrogens is 480 g/mol. The van der Waals surface area contributed by atoms with Gasteiger partial charge in [-0.15, -0.1) is 0 Å². The quantitative estimate of drug-likeness (QED) is 0.126. The van der Waals surface area contributed by atoms with Crippen LogP contribution in [0.15, 0.2) is 73.8 Å². The fourth-order valence-corrected chi connectivity index (χ4v) is 4.28. The van der Waals surface area contributed by atoms with Crippen LogP contribution in [0.3, 0.4) is 0 Å². The number of hydrogen-bond acceptors (Lipinski definition) is 6. The molecule has 6 nitrogen and oxygen atoms in total. The Morgan fingerprint density at radius 1 is 0.579 bits per heavy atom. The number of fused-ring (bicyclic) bond motifs is 2. The van der Waals surface area contributed by atoms with Gasteiger partial charge < -0.3 is 28.4 Å². The Morgan fingerprint density at radius 3 is 1.42 bits per heavy atom. The predicted molar refractivity (Wildman–Crippen MR) is 154 cm³/mol. The third kappa shape index (κ3) is 6.41.